The summed E-state index contributed by atoms with van der Waals surface area (Å²) >= 11 is 0. The van der Waals surface area contributed by atoms with Crippen molar-refractivity contribution in [2.45, 2.75) is 38.5 Å². The second-order valence-electron chi connectivity index (χ2n) is 9.13. The lowest BCUT2D eigenvalue weighted by molar-refractivity contribution is -0.126. The molecule has 1 saturated heterocycles. The smallest absolute Gasteiger partial charge is 0.223 e. The number of nitrogens with one attached hydrogen (secondary N) is 1. The molecule has 6 heteroatoms. The van der Waals surface area contributed by atoms with Crippen LogP contribution in [0.4, 0.5) is 0 Å². The standard InChI is InChI=1S/C28H32N2O3S/c1-21-9-8-11-23(19-21)20-34(32,33)30-17-15-25(16-18-30)28(31)29-27(24-12-4-3-5-13-24)26-14-7-6-10-22(26)2/h3-14,19,25,27H,15-18,20H2,1-2H3,(H,29,31). The third-order valence-corrected chi connectivity index (χ3v) is 8.42. The quantitative estimate of drug-likeness (QED) is 0.535. The predicted octanol–water partition coefficient (Wildman–Crippen LogP) is 4.75. The summed E-state index contributed by atoms with van der Waals surface area (Å²) in [5.74, 6) is -0.233. The molecule has 1 aliphatic heterocycles. The Morgan fingerprint density at radius 3 is 2.29 bits per heavy atom. The van der Waals surface area contributed by atoms with Gasteiger partial charge in [0, 0.05) is 19.0 Å². The zero-order valence-electron chi connectivity index (χ0n) is 19.8. The number of aryl methyl sites for hydroxylation is 2. The fraction of sp³-hybridized carbons (Fsp3) is 0.321. The van der Waals surface area contributed by atoms with Gasteiger partial charge >= 0.3 is 0 Å². The second kappa shape index (κ2) is 10.5. The Balaban J connectivity index is 1.42. The Kier molecular flexibility index (Phi) is 7.49. The van der Waals surface area contributed by atoms with Crippen LogP contribution in [-0.4, -0.2) is 31.7 Å². The molecule has 0 radical (unpaired) electrons. The van der Waals surface area contributed by atoms with Crippen molar-refractivity contribution in [3.8, 4) is 0 Å². The minimum Gasteiger partial charge on any atom is -0.345 e. The van der Waals surface area contributed by atoms with Gasteiger partial charge in [-0.15, -0.1) is 0 Å². The fourth-order valence-corrected chi connectivity index (χ4v) is 6.21. The zero-order chi connectivity index (χ0) is 24.1. The maximum absolute atomic E-state index is 13.3. The van der Waals surface area contributed by atoms with Crippen molar-refractivity contribution in [3.63, 3.8) is 0 Å². The van der Waals surface area contributed by atoms with Crippen molar-refractivity contribution in [1.29, 1.82) is 0 Å². The lowest BCUT2D eigenvalue weighted by Gasteiger charge is -2.32. The second-order valence-corrected chi connectivity index (χ2v) is 11.1. The van der Waals surface area contributed by atoms with Crippen molar-refractivity contribution in [2.24, 2.45) is 5.92 Å². The molecule has 3 aromatic rings. The zero-order valence-corrected chi connectivity index (χ0v) is 20.6. The van der Waals surface area contributed by atoms with Gasteiger partial charge in [0.25, 0.3) is 0 Å². The first kappa shape index (κ1) is 24.2. The Morgan fingerprint density at radius 2 is 1.62 bits per heavy atom. The highest BCUT2D eigenvalue weighted by molar-refractivity contribution is 7.88. The van der Waals surface area contributed by atoms with E-state index in [1.807, 2.05) is 79.7 Å². The molecule has 1 aliphatic rings. The molecule has 34 heavy (non-hydrogen) atoms. The van der Waals surface area contributed by atoms with Crippen LogP contribution in [0.1, 0.15) is 46.7 Å². The van der Waals surface area contributed by atoms with Crippen LogP contribution in [0.2, 0.25) is 0 Å². The number of piperidine rings is 1. The number of sulfonamides is 1. The van der Waals surface area contributed by atoms with E-state index >= 15 is 0 Å². The SMILES string of the molecule is Cc1cccc(CS(=O)(=O)N2CCC(C(=O)NC(c3ccccc3)c3ccccc3C)CC2)c1. The molecule has 1 unspecified atom stereocenters. The molecule has 1 N–H and O–H groups in total. The molecule has 1 amide bonds. The Labute approximate surface area is 202 Å². The Bertz CT molecular complexity index is 1230. The summed E-state index contributed by atoms with van der Waals surface area (Å²) < 4.78 is 27.4. The maximum atomic E-state index is 13.3. The van der Waals surface area contributed by atoms with Crippen LogP contribution in [0.5, 0.6) is 0 Å². The summed E-state index contributed by atoms with van der Waals surface area (Å²) in [4.78, 5) is 13.3. The van der Waals surface area contributed by atoms with Gasteiger partial charge < -0.3 is 5.32 Å². The highest BCUT2D eigenvalue weighted by Gasteiger charge is 2.32. The van der Waals surface area contributed by atoms with Gasteiger partial charge in [-0.1, -0.05) is 84.4 Å². The Hall–Kier alpha value is -2.96. The summed E-state index contributed by atoms with van der Waals surface area (Å²) in [7, 11) is -3.42. The highest BCUT2D eigenvalue weighted by atomic mass is 32.2. The first-order chi connectivity index (χ1) is 16.3. The molecule has 5 nitrogen and oxygen atoms in total. The fourth-order valence-electron chi connectivity index (χ4n) is 4.66. The molecule has 1 atom stereocenters. The van der Waals surface area contributed by atoms with Crippen LogP contribution in [-0.2, 0) is 20.6 Å². The molecule has 3 aromatic carbocycles. The number of hydrogen-bond donors (Lipinski definition) is 1. The minimum absolute atomic E-state index is 0.00505. The number of nitrogens with zero attached hydrogens (tertiary/aromatic N) is 1. The summed E-state index contributed by atoms with van der Waals surface area (Å²) in [6.07, 6.45) is 1.04. The average molecular weight is 477 g/mol. The molecule has 0 aliphatic carbocycles. The van der Waals surface area contributed by atoms with Gasteiger partial charge in [0.2, 0.25) is 15.9 Å². The first-order valence-electron chi connectivity index (χ1n) is 11.8. The minimum atomic E-state index is -3.42. The maximum Gasteiger partial charge on any atom is 0.223 e. The molecule has 0 spiro atoms. The van der Waals surface area contributed by atoms with E-state index in [4.69, 9.17) is 0 Å². The van der Waals surface area contributed by atoms with Gasteiger partial charge in [0.1, 0.15) is 0 Å². The molecule has 4 rings (SSSR count). The van der Waals surface area contributed by atoms with Gasteiger partial charge in [-0.2, -0.15) is 0 Å². The number of benzene rings is 3. The van der Waals surface area contributed by atoms with Crippen LogP contribution in [0.3, 0.4) is 0 Å². The van der Waals surface area contributed by atoms with Gasteiger partial charge in [-0.25, -0.2) is 12.7 Å². The van der Waals surface area contributed by atoms with Crippen molar-refractivity contribution in [2.75, 3.05) is 13.1 Å². The number of carbonyl (C=O) groups is 1. The van der Waals surface area contributed by atoms with Crippen LogP contribution < -0.4 is 5.32 Å². The van der Waals surface area contributed by atoms with E-state index in [2.05, 4.69) is 18.3 Å². The molecule has 1 heterocycles. The lowest BCUT2D eigenvalue weighted by Crippen LogP contribution is -2.44. The number of rotatable bonds is 7. The van der Waals surface area contributed by atoms with Crippen LogP contribution in [0.15, 0.2) is 78.9 Å². The first-order valence-corrected chi connectivity index (χ1v) is 13.4. The summed E-state index contributed by atoms with van der Waals surface area (Å²) in [6.45, 7) is 4.74. The van der Waals surface area contributed by atoms with Crippen molar-refractivity contribution < 1.29 is 13.2 Å². The van der Waals surface area contributed by atoms with Crippen molar-refractivity contribution in [1.82, 2.24) is 9.62 Å². The molecular formula is C28H32N2O3S. The molecule has 0 bridgehead atoms. The van der Waals surface area contributed by atoms with Gasteiger partial charge in [0.05, 0.1) is 11.8 Å². The summed E-state index contributed by atoms with van der Waals surface area (Å²) in [6, 6.07) is 25.4. The number of carbonyl (C=O) groups excluding carboxylic acids is 1. The summed E-state index contributed by atoms with van der Waals surface area (Å²) in [5, 5.41) is 3.25. The summed E-state index contributed by atoms with van der Waals surface area (Å²) in [5.41, 5.74) is 5.06. The van der Waals surface area contributed by atoms with E-state index in [-0.39, 0.29) is 23.6 Å². The molecule has 178 valence electrons. The Morgan fingerprint density at radius 1 is 0.941 bits per heavy atom. The highest BCUT2D eigenvalue weighted by Crippen LogP contribution is 2.27. The van der Waals surface area contributed by atoms with Crippen LogP contribution >= 0.6 is 0 Å². The van der Waals surface area contributed by atoms with E-state index in [1.165, 1.54) is 4.31 Å². The van der Waals surface area contributed by atoms with Crippen molar-refractivity contribution >= 4 is 15.9 Å². The average Bonchev–Trinajstić information content (AvgIpc) is 2.83. The third-order valence-electron chi connectivity index (χ3n) is 6.57. The number of amides is 1. The third kappa shape index (κ3) is 5.75. The van der Waals surface area contributed by atoms with E-state index in [9.17, 15) is 13.2 Å². The molecular weight excluding hydrogens is 444 g/mol. The van der Waals surface area contributed by atoms with E-state index < -0.39 is 10.0 Å². The van der Waals surface area contributed by atoms with E-state index in [0.717, 1.165) is 27.8 Å². The molecule has 1 fully saturated rings. The monoisotopic (exact) mass is 476 g/mol. The van der Waals surface area contributed by atoms with Gasteiger partial charge in [0.15, 0.2) is 0 Å². The van der Waals surface area contributed by atoms with Crippen LogP contribution in [0, 0.1) is 19.8 Å². The van der Waals surface area contributed by atoms with Crippen molar-refractivity contribution in [3.05, 3.63) is 107 Å². The van der Waals surface area contributed by atoms with Crippen LogP contribution in [0.25, 0.3) is 0 Å². The van der Waals surface area contributed by atoms with E-state index in [0.29, 0.717) is 25.9 Å². The normalized spacial score (nSPS) is 16.2. The molecule has 0 aromatic heterocycles. The van der Waals surface area contributed by atoms with E-state index in [1.54, 1.807) is 0 Å². The van der Waals surface area contributed by atoms with Gasteiger partial charge in [-0.3, -0.25) is 4.79 Å². The largest absolute Gasteiger partial charge is 0.345 e. The lowest BCUT2D eigenvalue weighted by atomic mass is 9.92. The predicted molar refractivity (Wildman–Crippen MR) is 136 cm³/mol. The number of hydrogen-bond acceptors (Lipinski definition) is 3. The molecule has 0 saturated carbocycles. The van der Waals surface area contributed by atoms with Gasteiger partial charge in [-0.05, 0) is 48.9 Å². The topological polar surface area (TPSA) is 66.5 Å².